The van der Waals surface area contributed by atoms with E-state index >= 15 is 0 Å². The molecule has 3 aromatic rings. The lowest BCUT2D eigenvalue weighted by Crippen LogP contribution is -2.15. The second-order valence-corrected chi connectivity index (χ2v) is 4.62. The van der Waals surface area contributed by atoms with E-state index in [1.807, 2.05) is 28.8 Å². The van der Waals surface area contributed by atoms with Gasteiger partial charge < -0.3 is 4.98 Å². The summed E-state index contributed by atoms with van der Waals surface area (Å²) in [7, 11) is 0. The van der Waals surface area contributed by atoms with Gasteiger partial charge in [-0.1, -0.05) is 24.3 Å². The van der Waals surface area contributed by atoms with E-state index in [0.29, 0.717) is 5.62 Å². The van der Waals surface area contributed by atoms with Gasteiger partial charge in [-0.15, -0.1) is 0 Å². The number of nitrogens with one attached hydrogen (secondary N) is 2. The first-order valence-corrected chi connectivity index (χ1v) is 5.99. The highest BCUT2D eigenvalue weighted by molar-refractivity contribution is 5.78. The van der Waals surface area contributed by atoms with Gasteiger partial charge in [0.05, 0.1) is 16.7 Å². The Hall–Kier alpha value is -2.29. The number of imidazole rings is 1. The number of nitrogens with zero attached hydrogens (tertiary/aromatic N) is 1. The third-order valence-electron chi connectivity index (χ3n) is 3.23. The van der Waals surface area contributed by atoms with Crippen LogP contribution in [0.2, 0.25) is 0 Å². The van der Waals surface area contributed by atoms with Gasteiger partial charge in [0.2, 0.25) is 5.62 Å². The number of H-pyrrole nitrogens is 1. The average molecular weight is 237 g/mol. The number of para-hydroxylation sites is 1. The molecule has 18 heavy (non-hydrogen) atoms. The summed E-state index contributed by atoms with van der Waals surface area (Å²) in [6.07, 6.45) is 0. The Labute approximate surface area is 105 Å². The molecule has 2 N–H and O–H groups in total. The molecule has 0 radical (unpaired) electrons. The maximum atomic E-state index is 8.11. The molecule has 3 heteroatoms. The van der Waals surface area contributed by atoms with Crippen LogP contribution >= 0.6 is 0 Å². The minimum absolute atomic E-state index is 0.407. The molecule has 90 valence electrons. The van der Waals surface area contributed by atoms with Crippen molar-refractivity contribution in [3.63, 3.8) is 0 Å². The molecule has 0 saturated carbocycles. The molecule has 0 aliphatic rings. The van der Waals surface area contributed by atoms with E-state index in [4.69, 9.17) is 5.41 Å². The summed E-state index contributed by atoms with van der Waals surface area (Å²) in [6, 6.07) is 14.3. The highest BCUT2D eigenvalue weighted by Crippen LogP contribution is 2.19. The molecule has 0 atom stereocenters. The van der Waals surface area contributed by atoms with E-state index in [-0.39, 0.29) is 0 Å². The molecule has 1 heterocycles. The smallest absolute Gasteiger partial charge is 0.205 e. The van der Waals surface area contributed by atoms with Gasteiger partial charge in [0, 0.05) is 0 Å². The summed E-state index contributed by atoms with van der Waals surface area (Å²) < 4.78 is 1.96. The second kappa shape index (κ2) is 3.88. The lowest BCUT2D eigenvalue weighted by Gasteiger charge is -2.08. The van der Waals surface area contributed by atoms with Crippen LogP contribution in [0.4, 0.5) is 0 Å². The van der Waals surface area contributed by atoms with E-state index in [0.717, 1.165) is 16.7 Å². The van der Waals surface area contributed by atoms with E-state index in [2.05, 4.69) is 37.0 Å². The topological polar surface area (TPSA) is 44.6 Å². The fraction of sp³-hybridized carbons (Fsp3) is 0.133. The number of hydrogen-bond acceptors (Lipinski definition) is 1. The molecule has 0 bridgehead atoms. The average Bonchev–Trinajstić information content (AvgIpc) is 2.66. The quantitative estimate of drug-likeness (QED) is 0.653. The molecule has 0 aliphatic heterocycles. The van der Waals surface area contributed by atoms with Crippen molar-refractivity contribution in [2.24, 2.45) is 0 Å². The van der Waals surface area contributed by atoms with Crippen molar-refractivity contribution in [1.29, 1.82) is 5.41 Å². The van der Waals surface area contributed by atoms with Crippen molar-refractivity contribution < 1.29 is 0 Å². The number of aromatic nitrogens is 2. The third-order valence-corrected chi connectivity index (χ3v) is 3.23. The highest BCUT2D eigenvalue weighted by Gasteiger charge is 2.08. The van der Waals surface area contributed by atoms with E-state index in [1.54, 1.807) is 0 Å². The zero-order valence-corrected chi connectivity index (χ0v) is 10.5. The Bertz CT molecular complexity index is 778. The van der Waals surface area contributed by atoms with Gasteiger partial charge in [-0.25, -0.2) is 0 Å². The predicted octanol–water partition coefficient (Wildman–Crippen LogP) is 3.05. The summed E-state index contributed by atoms with van der Waals surface area (Å²) in [4.78, 5) is 3.11. The van der Waals surface area contributed by atoms with Gasteiger partial charge in [-0.3, -0.25) is 9.98 Å². The molecule has 0 saturated heterocycles. The van der Waals surface area contributed by atoms with Gasteiger partial charge in [-0.05, 0) is 43.2 Å². The largest absolute Gasteiger partial charge is 0.324 e. The van der Waals surface area contributed by atoms with Gasteiger partial charge in [-0.2, -0.15) is 0 Å². The van der Waals surface area contributed by atoms with Crippen LogP contribution in [-0.4, -0.2) is 9.55 Å². The summed E-state index contributed by atoms with van der Waals surface area (Å²) >= 11 is 0. The lowest BCUT2D eigenvalue weighted by molar-refractivity contribution is 0.921. The summed E-state index contributed by atoms with van der Waals surface area (Å²) in [5.74, 6) is 0. The SMILES string of the molecule is Cc1ccc2[nH]c(=N)n(-c3ccccc3C)c2c1. The normalized spacial score (nSPS) is 11.0. The molecule has 1 aromatic heterocycles. The number of rotatable bonds is 1. The predicted molar refractivity (Wildman–Crippen MR) is 73.0 cm³/mol. The van der Waals surface area contributed by atoms with Crippen molar-refractivity contribution in [3.05, 3.63) is 59.2 Å². The molecule has 3 rings (SSSR count). The van der Waals surface area contributed by atoms with E-state index in [1.165, 1.54) is 11.1 Å². The molecule has 0 aliphatic carbocycles. The first-order chi connectivity index (χ1) is 8.66. The number of hydrogen-bond donors (Lipinski definition) is 2. The van der Waals surface area contributed by atoms with E-state index in [9.17, 15) is 0 Å². The Kier molecular flexibility index (Phi) is 2.33. The van der Waals surface area contributed by atoms with Crippen LogP contribution < -0.4 is 5.62 Å². The van der Waals surface area contributed by atoms with Crippen LogP contribution in [0.3, 0.4) is 0 Å². The molecule has 0 unspecified atom stereocenters. The van der Waals surface area contributed by atoms with Crippen LogP contribution in [0.5, 0.6) is 0 Å². The molecular weight excluding hydrogens is 222 g/mol. The minimum atomic E-state index is 0.407. The summed E-state index contributed by atoms with van der Waals surface area (Å²) in [6.45, 7) is 4.13. The first kappa shape index (κ1) is 10.8. The number of aryl methyl sites for hydroxylation is 2. The number of fused-ring (bicyclic) bond motifs is 1. The molecular formula is C15H15N3. The van der Waals surface area contributed by atoms with Crippen LogP contribution in [0.1, 0.15) is 11.1 Å². The monoisotopic (exact) mass is 237 g/mol. The Morgan fingerprint density at radius 2 is 1.83 bits per heavy atom. The molecule has 0 fully saturated rings. The highest BCUT2D eigenvalue weighted by atomic mass is 15.1. The maximum Gasteiger partial charge on any atom is 0.205 e. The standard InChI is InChI=1S/C15H15N3/c1-10-7-8-12-14(9-10)18(15(16)17-12)13-6-4-3-5-11(13)2/h3-9H,1-2H3,(H2,16,17). The Morgan fingerprint density at radius 3 is 2.61 bits per heavy atom. The zero-order chi connectivity index (χ0) is 12.7. The van der Waals surface area contributed by atoms with Crippen molar-refractivity contribution in [2.45, 2.75) is 13.8 Å². The van der Waals surface area contributed by atoms with Crippen molar-refractivity contribution >= 4 is 11.0 Å². The minimum Gasteiger partial charge on any atom is -0.324 e. The van der Waals surface area contributed by atoms with Crippen LogP contribution in [-0.2, 0) is 0 Å². The fourth-order valence-corrected chi connectivity index (χ4v) is 2.30. The first-order valence-electron chi connectivity index (χ1n) is 5.99. The van der Waals surface area contributed by atoms with Crippen LogP contribution in [0.25, 0.3) is 16.7 Å². The van der Waals surface area contributed by atoms with Crippen LogP contribution in [0.15, 0.2) is 42.5 Å². The number of aromatic amines is 1. The molecule has 0 amide bonds. The Balaban J connectivity index is 2.42. The molecule has 3 nitrogen and oxygen atoms in total. The van der Waals surface area contributed by atoms with Crippen molar-refractivity contribution in [2.75, 3.05) is 0 Å². The number of benzene rings is 2. The van der Waals surface area contributed by atoms with Crippen molar-refractivity contribution in [3.8, 4) is 5.69 Å². The maximum absolute atomic E-state index is 8.11. The van der Waals surface area contributed by atoms with Gasteiger partial charge in [0.15, 0.2) is 0 Å². The lowest BCUT2D eigenvalue weighted by atomic mass is 10.2. The van der Waals surface area contributed by atoms with E-state index < -0.39 is 0 Å². The summed E-state index contributed by atoms with van der Waals surface area (Å²) in [5, 5.41) is 8.11. The summed E-state index contributed by atoms with van der Waals surface area (Å²) in [5.41, 5.74) is 5.87. The van der Waals surface area contributed by atoms with Crippen molar-refractivity contribution in [1.82, 2.24) is 9.55 Å². The third kappa shape index (κ3) is 1.56. The second-order valence-electron chi connectivity index (χ2n) is 4.62. The molecule has 2 aromatic carbocycles. The zero-order valence-electron chi connectivity index (χ0n) is 10.5. The van der Waals surface area contributed by atoms with Crippen LogP contribution in [0, 0.1) is 19.3 Å². The fourth-order valence-electron chi connectivity index (χ4n) is 2.30. The van der Waals surface area contributed by atoms with Gasteiger partial charge >= 0.3 is 0 Å². The molecule has 0 spiro atoms. The van der Waals surface area contributed by atoms with Gasteiger partial charge in [0.25, 0.3) is 0 Å². The Morgan fingerprint density at radius 1 is 1.06 bits per heavy atom. The van der Waals surface area contributed by atoms with Gasteiger partial charge in [0.1, 0.15) is 0 Å².